The molecule has 0 bridgehead atoms. The Morgan fingerprint density at radius 3 is 2.84 bits per heavy atom. The Labute approximate surface area is 143 Å². The molecule has 25 heavy (non-hydrogen) atoms. The van der Waals surface area contributed by atoms with Crippen LogP contribution in [0.5, 0.6) is 5.75 Å². The Morgan fingerprint density at radius 2 is 1.96 bits per heavy atom. The minimum Gasteiger partial charge on any atom is -0.482 e. The van der Waals surface area contributed by atoms with Crippen molar-refractivity contribution >= 4 is 38.2 Å². The van der Waals surface area contributed by atoms with E-state index in [1.807, 2.05) is 12.1 Å². The molecule has 0 aliphatic carbocycles. The summed E-state index contributed by atoms with van der Waals surface area (Å²) in [6, 6.07) is 13.2. The molecule has 0 saturated heterocycles. The number of hydrogen-bond donors (Lipinski definition) is 2. The van der Waals surface area contributed by atoms with Crippen molar-refractivity contribution < 1.29 is 17.9 Å². The van der Waals surface area contributed by atoms with Gasteiger partial charge in [-0.05, 0) is 30.3 Å². The Kier molecular flexibility index (Phi) is 3.54. The molecular formula is C17H13N3O4S. The first-order valence-electron chi connectivity index (χ1n) is 7.46. The first kappa shape index (κ1) is 15.4. The van der Waals surface area contributed by atoms with Crippen LogP contribution in [0.15, 0.2) is 59.6 Å². The highest BCUT2D eigenvalue weighted by molar-refractivity contribution is 7.92. The van der Waals surface area contributed by atoms with Gasteiger partial charge in [0.25, 0.3) is 15.9 Å². The molecule has 0 radical (unpaired) electrons. The number of ether oxygens (including phenoxy) is 1. The molecule has 2 aromatic carbocycles. The topological polar surface area (TPSA) is 97.4 Å². The number of sulfonamides is 1. The lowest BCUT2D eigenvalue weighted by molar-refractivity contribution is -0.118. The number of pyridine rings is 1. The van der Waals surface area contributed by atoms with Crippen LogP contribution in [0, 0.1) is 0 Å². The number of aromatic nitrogens is 1. The predicted octanol–water partition coefficient (Wildman–Crippen LogP) is 2.37. The number of nitrogens with zero attached hydrogens (tertiary/aromatic N) is 1. The van der Waals surface area contributed by atoms with Gasteiger partial charge in [0.15, 0.2) is 6.61 Å². The van der Waals surface area contributed by atoms with Crippen LogP contribution in [-0.4, -0.2) is 25.9 Å². The van der Waals surface area contributed by atoms with Crippen molar-refractivity contribution in [2.45, 2.75) is 4.90 Å². The molecule has 3 aromatic rings. The Balaban J connectivity index is 1.72. The summed E-state index contributed by atoms with van der Waals surface area (Å²) in [6.07, 6.45) is 1.60. The van der Waals surface area contributed by atoms with Crippen molar-refractivity contribution in [3.8, 4) is 5.75 Å². The van der Waals surface area contributed by atoms with E-state index in [1.165, 1.54) is 18.2 Å². The number of hydrogen-bond acceptors (Lipinski definition) is 5. The second-order valence-corrected chi connectivity index (χ2v) is 7.16. The standard InChI is InChI=1S/C17H13N3O4S/c21-16-10-24-15-7-6-12(9-14(15)19-16)25(22,23)20-13-5-1-3-11-4-2-8-18-17(11)13/h1-9,20H,10H2,(H,19,21). The average Bonchev–Trinajstić information content (AvgIpc) is 2.61. The normalized spacial score (nSPS) is 13.7. The fourth-order valence-corrected chi connectivity index (χ4v) is 3.71. The summed E-state index contributed by atoms with van der Waals surface area (Å²) >= 11 is 0. The number of rotatable bonds is 3. The van der Waals surface area contributed by atoms with Crippen molar-refractivity contribution in [3.05, 3.63) is 54.7 Å². The van der Waals surface area contributed by atoms with E-state index in [4.69, 9.17) is 4.74 Å². The molecule has 2 N–H and O–H groups in total. The molecule has 1 aromatic heterocycles. The summed E-state index contributed by atoms with van der Waals surface area (Å²) in [4.78, 5) is 15.7. The summed E-state index contributed by atoms with van der Waals surface area (Å²) < 4.78 is 33.2. The largest absolute Gasteiger partial charge is 0.482 e. The van der Waals surface area contributed by atoms with E-state index in [9.17, 15) is 13.2 Å². The van der Waals surface area contributed by atoms with Gasteiger partial charge in [0.05, 0.1) is 21.8 Å². The highest BCUT2D eigenvalue weighted by atomic mass is 32.2. The molecule has 0 spiro atoms. The highest BCUT2D eigenvalue weighted by Gasteiger charge is 2.21. The zero-order valence-corrected chi connectivity index (χ0v) is 13.7. The lowest BCUT2D eigenvalue weighted by Gasteiger charge is -2.18. The van der Waals surface area contributed by atoms with Crippen LogP contribution in [0.4, 0.5) is 11.4 Å². The lowest BCUT2D eigenvalue weighted by atomic mass is 10.2. The van der Waals surface area contributed by atoms with Crippen molar-refractivity contribution in [1.82, 2.24) is 4.98 Å². The van der Waals surface area contributed by atoms with Crippen molar-refractivity contribution in [3.63, 3.8) is 0 Å². The SMILES string of the molecule is O=C1COc2ccc(S(=O)(=O)Nc3cccc4cccnc34)cc2N1. The van der Waals surface area contributed by atoms with E-state index in [0.29, 0.717) is 22.6 Å². The molecule has 0 fully saturated rings. The number of carbonyl (C=O) groups is 1. The third-order valence-corrected chi connectivity index (χ3v) is 5.13. The van der Waals surface area contributed by atoms with Gasteiger partial charge in [-0.25, -0.2) is 8.42 Å². The van der Waals surface area contributed by atoms with Gasteiger partial charge in [-0.15, -0.1) is 0 Å². The molecule has 0 atom stereocenters. The van der Waals surface area contributed by atoms with Gasteiger partial charge in [-0.3, -0.25) is 14.5 Å². The number of anilines is 2. The summed E-state index contributed by atoms with van der Waals surface area (Å²) in [6.45, 7) is -0.0843. The third kappa shape index (κ3) is 2.87. The smallest absolute Gasteiger partial charge is 0.262 e. The van der Waals surface area contributed by atoms with Gasteiger partial charge in [0.1, 0.15) is 5.75 Å². The number of nitrogens with one attached hydrogen (secondary N) is 2. The van der Waals surface area contributed by atoms with E-state index >= 15 is 0 Å². The van der Waals surface area contributed by atoms with Crippen molar-refractivity contribution in [2.75, 3.05) is 16.6 Å². The molecule has 8 heteroatoms. The molecule has 1 amide bonds. The van der Waals surface area contributed by atoms with Crippen LogP contribution in [-0.2, 0) is 14.8 Å². The maximum Gasteiger partial charge on any atom is 0.262 e. The first-order valence-corrected chi connectivity index (χ1v) is 8.94. The van der Waals surface area contributed by atoms with E-state index in [2.05, 4.69) is 15.0 Å². The minimum atomic E-state index is -3.85. The predicted molar refractivity (Wildman–Crippen MR) is 93.1 cm³/mol. The zero-order valence-electron chi connectivity index (χ0n) is 12.9. The van der Waals surface area contributed by atoms with Crippen LogP contribution >= 0.6 is 0 Å². The van der Waals surface area contributed by atoms with Crippen LogP contribution < -0.4 is 14.8 Å². The molecule has 0 saturated carbocycles. The molecule has 0 unspecified atom stereocenters. The summed E-state index contributed by atoms with van der Waals surface area (Å²) in [7, 11) is -3.85. The Bertz CT molecular complexity index is 1090. The van der Waals surface area contributed by atoms with Crippen LogP contribution in [0.25, 0.3) is 10.9 Å². The summed E-state index contributed by atoms with van der Waals surface area (Å²) in [5.41, 5.74) is 1.27. The number of fused-ring (bicyclic) bond motifs is 2. The van der Waals surface area contributed by atoms with E-state index < -0.39 is 10.0 Å². The second-order valence-electron chi connectivity index (χ2n) is 5.48. The first-order chi connectivity index (χ1) is 12.0. The number of carbonyl (C=O) groups excluding carboxylic acids is 1. The number of para-hydroxylation sites is 1. The highest BCUT2D eigenvalue weighted by Crippen LogP contribution is 2.31. The van der Waals surface area contributed by atoms with Crippen LogP contribution in [0.3, 0.4) is 0 Å². The maximum absolute atomic E-state index is 12.7. The van der Waals surface area contributed by atoms with Gasteiger partial charge < -0.3 is 10.1 Å². The molecular weight excluding hydrogens is 342 g/mol. The monoisotopic (exact) mass is 355 g/mol. The molecule has 7 nitrogen and oxygen atoms in total. The van der Waals surface area contributed by atoms with Crippen molar-refractivity contribution in [1.29, 1.82) is 0 Å². The molecule has 2 heterocycles. The van der Waals surface area contributed by atoms with Gasteiger partial charge in [0, 0.05) is 11.6 Å². The van der Waals surface area contributed by atoms with Crippen LogP contribution in [0.2, 0.25) is 0 Å². The fourth-order valence-electron chi connectivity index (χ4n) is 2.62. The average molecular weight is 355 g/mol. The molecule has 1 aliphatic rings. The minimum absolute atomic E-state index is 0.0185. The van der Waals surface area contributed by atoms with Gasteiger partial charge in [-0.2, -0.15) is 0 Å². The van der Waals surface area contributed by atoms with Crippen LogP contribution in [0.1, 0.15) is 0 Å². The third-order valence-electron chi connectivity index (χ3n) is 3.77. The van der Waals surface area contributed by atoms with E-state index in [1.54, 1.807) is 24.4 Å². The van der Waals surface area contributed by atoms with Gasteiger partial charge in [0.2, 0.25) is 0 Å². The molecule has 126 valence electrons. The Morgan fingerprint density at radius 1 is 1.12 bits per heavy atom. The van der Waals surface area contributed by atoms with E-state index in [-0.39, 0.29) is 17.4 Å². The summed E-state index contributed by atoms with van der Waals surface area (Å²) in [5.74, 6) is 0.110. The lowest BCUT2D eigenvalue weighted by Crippen LogP contribution is -2.25. The number of amides is 1. The Hall–Kier alpha value is -3.13. The van der Waals surface area contributed by atoms with Gasteiger partial charge in [-0.1, -0.05) is 18.2 Å². The van der Waals surface area contributed by atoms with Gasteiger partial charge >= 0.3 is 0 Å². The maximum atomic E-state index is 12.7. The quantitative estimate of drug-likeness (QED) is 0.752. The molecule has 1 aliphatic heterocycles. The van der Waals surface area contributed by atoms with E-state index in [0.717, 1.165) is 5.39 Å². The van der Waals surface area contributed by atoms with Crippen molar-refractivity contribution in [2.24, 2.45) is 0 Å². The zero-order chi connectivity index (χ0) is 17.4. The second kappa shape index (κ2) is 5.75. The molecule has 4 rings (SSSR count). The number of benzene rings is 2. The summed E-state index contributed by atoms with van der Waals surface area (Å²) in [5, 5.41) is 3.42. The fraction of sp³-hybridized carbons (Fsp3) is 0.0588.